The third kappa shape index (κ3) is 11.9. The Hall–Kier alpha value is -1.19. The molecule has 0 aliphatic carbocycles. The number of ketones is 1. The predicted molar refractivity (Wildman–Crippen MR) is 82.6 cm³/mol. The molecule has 0 heterocycles. The molecule has 0 bridgehead atoms. The van der Waals surface area contributed by atoms with Crippen LogP contribution in [0.1, 0.15) is 52.0 Å². The summed E-state index contributed by atoms with van der Waals surface area (Å²) in [6.45, 7) is 6.24. The quantitative estimate of drug-likeness (QED) is 0.583. The fourth-order valence-electron chi connectivity index (χ4n) is 1.45. The first kappa shape index (κ1) is 18.8. The van der Waals surface area contributed by atoms with Crippen LogP contribution in [0.15, 0.2) is 30.3 Å². The van der Waals surface area contributed by atoms with Crippen molar-refractivity contribution in [2.45, 2.75) is 59.2 Å². The Kier molecular flexibility index (Phi) is 12.1. The number of hydrogen-bond acceptors (Lipinski definition) is 3. The largest absolute Gasteiger partial charge is 0.368 e. The van der Waals surface area contributed by atoms with Crippen molar-refractivity contribution in [3.05, 3.63) is 35.9 Å². The molecule has 114 valence electrons. The summed E-state index contributed by atoms with van der Waals surface area (Å²) in [5.41, 5.74) is 1.11. The van der Waals surface area contributed by atoms with Crippen LogP contribution in [0.4, 0.5) is 0 Å². The van der Waals surface area contributed by atoms with Crippen LogP contribution in [0.3, 0.4) is 0 Å². The van der Waals surface area contributed by atoms with Gasteiger partial charge in [0.25, 0.3) is 0 Å². The summed E-state index contributed by atoms with van der Waals surface area (Å²) >= 11 is 0. The molecule has 20 heavy (non-hydrogen) atoms. The minimum atomic E-state index is -0.663. The van der Waals surface area contributed by atoms with Crippen LogP contribution in [-0.2, 0) is 16.0 Å². The van der Waals surface area contributed by atoms with Gasteiger partial charge in [-0.2, -0.15) is 0 Å². The predicted octanol–water partition coefficient (Wildman–Crippen LogP) is 3.74. The highest BCUT2D eigenvalue weighted by Gasteiger charge is 2.04. The lowest BCUT2D eigenvalue weighted by Gasteiger charge is -2.11. The Balaban J connectivity index is 0.000000621. The summed E-state index contributed by atoms with van der Waals surface area (Å²) in [4.78, 5) is 9.81. The van der Waals surface area contributed by atoms with Gasteiger partial charge in [-0.05, 0) is 18.9 Å². The van der Waals surface area contributed by atoms with E-state index in [4.69, 9.17) is 4.74 Å². The first-order valence-electron chi connectivity index (χ1n) is 7.43. The van der Waals surface area contributed by atoms with Crippen molar-refractivity contribution in [3.8, 4) is 0 Å². The van der Waals surface area contributed by atoms with Gasteiger partial charge in [-0.15, -0.1) is 0 Å². The van der Waals surface area contributed by atoms with E-state index in [-0.39, 0.29) is 5.78 Å². The van der Waals surface area contributed by atoms with Crippen molar-refractivity contribution in [1.82, 2.24) is 0 Å². The Bertz CT molecular complexity index is 335. The smallest absolute Gasteiger partial charge is 0.158 e. The van der Waals surface area contributed by atoms with Gasteiger partial charge in [-0.3, -0.25) is 0 Å². The normalized spacial score (nSPS) is 11.4. The number of rotatable bonds is 8. The van der Waals surface area contributed by atoms with E-state index in [0.717, 1.165) is 18.4 Å². The van der Waals surface area contributed by atoms with Crippen LogP contribution >= 0.6 is 0 Å². The molecule has 1 atom stereocenters. The van der Waals surface area contributed by atoms with E-state index in [1.54, 1.807) is 6.92 Å². The standard InChI is InChI=1S/C13H20O2.C4H8O/c1-2-3-7-10-15-13(14)11-12-8-5-4-6-9-12;1-3-4(2)5/h4-6,8-9,13-14H,2-3,7,10-11H2,1H3;3H2,1-2H3. The van der Waals surface area contributed by atoms with Crippen molar-refractivity contribution in [2.24, 2.45) is 0 Å². The Morgan fingerprint density at radius 3 is 2.30 bits per heavy atom. The number of unbranched alkanes of at least 4 members (excludes halogenated alkanes) is 2. The highest BCUT2D eigenvalue weighted by molar-refractivity contribution is 5.74. The summed E-state index contributed by atoms with van der Waals surface area (Å²) in [5.74, 6) is 0.255. The average Bonchev–Trinajstić information content (AvgIpc) is 2.45. The van der Waals surface area contributed by atoms with E-state index in [1.807, 2.05) is 37.3 Å². The van der Waals surface area contributed by atoms with Gasteiger partial charge < -0.3 is 14.6 Å². The number of Topliss-reactive ketones (excluding diaryl/α,β-unsaturated/α-hetero) is 1. The molecule has 0 aliphatic heterocycles. The monoisotopic (exact) mass is 280 g/mol. The molecular formula is C17H28O3. The molecular weight excluding hydrogens is 252 g/mol. The van der Waals surface area contributed by atoms with Crippen LogP contribution in [0.25, 0.3) is 0 Å². The first-order chi connectivity index (χ1) is 9.60. The van der Waals surface area contributed by atoms with E-state index in [0.29, 0.717) is 19.4 Å². The first-order valence-corrected chi connectivity index (χ1v) is 7.43. The Morgan fingerprint density at radius 1 is 1.20 bits per heavy atom. The van der Waals surface area contributed by atoms with E-state index < -0.39 is 6.29 Å². The zero-order valence-corrected chi connectivity index (χ0v) is 13.0. The van der Waals surface area contributed by atoms with Gasteiger partial charge >= 0.3 is 0 Å². The van der Waals surface area contributed by atoms with Gasteiger partial charge in [0.05, 0.1) is 0 Å². The van der Waals surface area contributed by atoms with Crippen LogP contribution < -0.4 is 0 Å². The van der Waals surface area contributed by atoms with Gasteiger partial charge in [0.2, 0.25) is 0 Å². The molecule has 0 spiro atoms. The molecule has 1 unspecified atom stereocenters. The maximum atomic E-state index is 9.81. The lowest BCUT2D eigenvalue weighted by Crippen LogP contribution is -2.15. The number of benzene rings is 1. The highest BCUT2D eigenvalue weighted by atomic mass is 16.6. The number of aliphatic hydroxyl groups is 1. The van der Waals surface area contributed by atoms with Gasteiger partial charge in [-0.1, -0.05) is 57.0 Å². The molecule has 1 aromatic carbocycles. The summed E-state index contributed by atoms with van der Waals surface area (Å²) in [7, 11) is 0. The third-order valence-corrected chi connectivity index (χ3v) is 2.81. The van der Waals surface area contributed by atoms with Gasteiger partial charge in [0.15, 0.2) is 6.29 Å². The number of ether oxygens (including phenoxy) is 1. The topological polar surface area (TPSA) is 46.5 Å². The van der Waals surface area contributed by atoms with Crippen LogP contribution in [0, 0.1) is 0 Å². The van der Waals surface area contributed by atoms with Crippen LogP contribution in [-0.4, -0.2) is 23.8 Å². The van der Waals surface area contributed by atoms with Crippen molar-refractivity contribution in [3.63, 3.8) is 0 Å². The molecule has 0 aliphatic rings. The number of carbonyl (C=O) groups excluding carboxylic acids is 1. The van der Waals surface area contributed by atoms with Crippen molar-refractivity contribution >= 4 is 5.78 Å². The Labute approximate surface area is 123 Å². The summed E-state index contributed by atoms with van der Waals surface area (Å²) in [6.07, 6.45) is 3.95. The second kappa shape index (κ2) is 12.8. The number of carbonyl (C=O) groups is 1. The maximum absolute atomic E-state index is 9.81. The minimum Gasteiger partial charge on any atom is -0.368 e. The second-order valence-corrected chi connectivity index (χ2v) is 4.78. The zero-order valence-electron chi connectivity index (χ0n) is 13.0. The highest BCUT2D eigenvalue weighted by Crippen LogP contribution is 2.05. The molecule has 0 saturated carbocycles. The molecule has 0 amide bonds. The third-order valence-electron chi connectivity index (χ3n) is 2.81. The average molecular weight is 280 g/mol. The zero-order chi connectivity index (χ0) is 15.2. The summed E-state index contributed by atoms with van der Waals surface area (Å²) < 4.78 is 5.30. The Morgan fingerprint density at radius 2 is 1.80 bits per heavy atom. The lowest BCUT2D eigenvalue weighted by molar-refractivity contribution is -0.116. The number of aliphatic hydroxyl groups excluding tert-OH is 1. The molecule has 3 nitrogen and oxygen atoms in total. The summed E-state index contributed by atoms with van der Waals surface area (Å²) in [5, 5.41) is 9.58. The molecule has 0 radical (unpaired) electrons. The van der Waals surface area contributed by atoms with E-state index in [1.165, 1.54) is 6.42 Å². The van der Waals surface area contributed by atoms with E-state index >= 15 is 0 Å². The van der Waals surface area contributed by atoms with Crippen molar-refractivity contribution in [1.29, 1.82) is 0 Å². The number of hydrogen-bond donors (Lipinski definition) is 1. The van der Waals surface area contributed by atoms with Gasteiger partial charge in [-0.25, -0.2) is 0 Å². The van der Waals surface area contributed by atoms with Gasteiger partial charge in [0.1, 0.15) is 5.78 Å². The van der Waals surface area contributed by atoms with Crippen molar-refractivity contribution in [2.75, 3.05) is 6.61 Å². The molecule has 3 heteroatoms. The van der Waals surface area contributed by atoms with Crippen LogP contribution in [0.5, 0.6) is 0 Å². The molecule has 1 aromatic rings. The summed E-state index contributed by atoms with van der Waals surface area (Å²) in [6, 6.07) is 9.91. The molecule has 0 fully saturated rings. The molecule has 1 N–H and O–H groups in total. The molecule has 0 saturated heterocycles. The van der Waals surface area contributed by atoms with E-state index in [2.05, 4.69) is 6.92 Å². The fourth-order valence-corrected chi connectivity index (χ4v) is 1.45. The fraction of sp³-hybridized carbons (Fsp3) is 0.588. The lowest BCUT2D eigenvalue weighted by atomic mass is 10.1. The van der Waals surface area contributed by atoms with Gasteiger partial charge in [0, 0.05) is 19.4 Å². The maximum Gasteiger partial charge on any atom is 0.158 e. The van der Waals surface area contributed by atoms with E-state index in [9.17, 15) is 9.90 Å². The van der Waals surface area contributed by atoms with Crippen LogP contribution in [0.2, 0.25) is 0 Å². The second-order valence-electron chi connectivity index (χ2n) is 4.78. The SMILES string of the molecule is CCC(C)=O.CCCCCOC(O)Cc1ccccc1. The van der Waals surface area contributed by atoms with Crippen molar-refractivity contribution < 1.29 is 14.6 Å². The molecule has 0 aromatic heterocycles. The minimum absolute atomic E-state index is 0.255. The molecule has 1 rings (SSSR count).